The predicted octanol–water partition coefficient (Wildman–Crippen LogP) is 0.865. The van der Waals surface area contributed by atoms with E-state index in [-0.39, 0.29) is 6.61 Å². The second-order valence-corrected chi connectivity index (χ2v) is 2.76. The van der Waals surface area contributed by atoms with Gasteiger partial charge in [0.1, 0.15) is 0 Å². The lowest BCUT2D eigenvalue weighted by Crippen LogP contribution is -2.10. The van der Waals surface area contributed by atoms with Crippen molar-refractivity contribution in [3.05, 3.63) is 23.8 Å². The monoisotopic (exact) mass is 179 g/mol. The molecule has 0 bridgehead atoms. The van der Waals surface area contributed by atoms with E-state index in [0.717, 1.165) is 0 Å². The summed E-state index contributed by atoms with van der Waals surface area (Å²) >= 11 is 0. The Balaban J connectivity index is 2.99. The molecule has 0 unspecified atom stereocenters. The molecule has 0 saturated carbocycles. The third kappa shape index (κ3) is 2.19. The Morgan fingerprint density at radius 1 is 1.46 bits per heavy atom. The average molecular weight is 179 g/mol. The van der Waals surface area contributed by atoms with Crippen molar-refractivity contribution in [2.75, 3.05) is 25.2 Å². The fraction of sp³-hybridized carbons (Fsp3) is 0.222. The molecule has 0 aromatic heterocycles. The fourth-order valence-electron chi connectivity index (χ4n) is 1.06. The molecule has 0 amide bonds. The summed E-state index contributed by atoms with van der Waals surface area (Å²) in [4.78, 5) is 0. The third-order valence-corrected chi connectivity index (χ3v) is 1.69. The second kappa shape index (κ2) is 3.91. The van der Waals surface area contributed by atoms with Crippen LogP contribution in [0.5, 0.6) is 0 Å². The van der Waals surface area contributed by atoms with E-state index in [2.05, 4.69) is 0 Å². The van der Waals surface area contributed by atoms with Crippen LogP contribution in [0.25, 0.3) is 0 Å². The molecular weight excluding hydrogens is 166 g/mol. The highest BCUT2D eigenvalue weighted by atomic mass is 16.5. The van der Waals surface area contributed by atoms with Crippen molar-refractivity contribution in [2.24, 2.45) is 0 Å². The number of nitrogens with two attached hydrogens (primary N) is 2. The van der Waals surface area contributed by atoms with Crippen LogP contribution in [0.15, 0.2) is 18.2 Å². The van der Waals surface area contributed by atoms with Crippen LogP contribution in [0.3, 0.4) is 0 Å². The van der Waals surface area contributed by atoms with Crippen molar-refractivity contribution in [1.29, 1.82) is 5.41 Å². The van der Waals surface area contributed by atoms with Gasteiger partial charge in [0.25, 0.3) is 0 Å². The Hall–Kier alpha value is -1.55. The Labute approximate surface area is 77.0 Å². The van der Waals surface area contributed by atoms with Crippen molar-refractivity contribution in [1.82, 2.24) is 0 Å². The quantitative estimate of drug-likeness (QED) is 0.475. The molecule has 5 N–H and O–H groups in total. The zero-order chi connectivity index (χ0) is 9.84. The van der Waals surface area contributed by atoms with Crippen molar-refractivity contribution >= 4 is 17.1 Å². The van der Waals surface area contributed by atoms with Crippen LogP contribution >= 0.6 is 0 Å². The molecule has 0 spiro atoms. The van der Waals surface area contributed by atoms with Gasteiger partial charge in [0.05, 0.1) is 12.3 Å². The van der Waals surface area contributed by atoms with Gasteiger partial charge >= 0.3 is 0 Å². The standard InChI is InChI=1S/C9H13N3O/c1-13-5-9(12)7-4-6(10)2-3-8(7)11/h2-4,12H,5,10-11H2,1H3. The van der Waals surface area contributed by atoms with Crippen LogP contribution in [-0.4, -0.2) is 19.4 Å². The number of benzene rings is 1. The maximum atomic E-state index is 7.61. The summed E-state index contributed by atoms with van der Waals surface area (Å²) in [6.45, 7) is 0.244. The number of nitrogens with one attached hydrogen (secondary N) is 1. The number of ether oxygens (including phenoxy) is 1. The second-order valence-electron chi connectivity index (χ2n) is 2.76. The molecule has 0 heterocycles. The minimum atomic E-state index is 0.244. The smallest absolute Gasteiger partial charge is 0.0883 e. The summed E-state index contributed by atoms with van der Waals surface area (Å²) in [6.07, 6.45) is 0. The van der Waals surface area contributed by atoms with E-state index in [9.17, 15) is 0 Å². The molecule has 0 atom stereocenters. The van der Waals surface area contributed by atoms with Gasteiger partial charge in [-0.25, -0.2) is 0 Å². The average Bonchev–Trinajstić information content (AvgIpc) is 2.09. The maximum Gasteiger partial charge on any atom is 0.0883 e. The summed E-state index contributed by atoms with van der Waals surface area (Å²) in [5.74, 6) is 0. The number of methoxy groups -OCH3 is 1. The van der Waals surface area contributed by atoms with Crippen molar-refractivity contribution in [3.63, 3.8) is 0 Å². The summed E-state index contributed by atoms with van der Waals surface area (Å²) in [6, 6.07) is 5.07. The molecule has 4 nitrogen and oxygen atoms in total. The lowest BCUT2D eigenvalue weighted by atomic mass is 10.1. The van der Waals surface area contributed by atoms with E-state index >= 15 is 0 Å². The largest absolute Gasteiger partial charge is 0.399 e. The zero-order valence-electron chi connectivity index (χ0n) is 7.50. The lowest BCUT2D eigenvalue weighted by Gasteiger charge is -2.07. The first-order valence-electron chi connectivity index (χ1n) is 3.87. The zero-order valence-corrected chi connectivity index (χ0v) is 7.50. The molecule has 0 aliphatic heterocycles. The van der Waals surface area contributed by atoms with Crippen LogP contribution < -0.4 is 11.5 Å². The fourth-order valence-corrected chi connectivity index (χ4v) is 1.06. The van der Waals surface area contributed by atoms with E-state index in [1.54, 1.807) is 18.2 Å². The molecule has 70 valence electrons. The van der Waals surface area contributed by atoms with Gasteiger partial charge in [-0.1, -0.05) is 0 Å². The number of hydrogen-bond donors (Lipinski definition) is 3. The van der Waals surface area contributed by atoms with Crippen LogP contribution in [0, 0.1) is 5.41 Å². The van der Waals surface area contributed by atoms with Crippen LogP contribution in [0.2, 0.25) is 0 Å². The van der Waals surface area contributed by atoms with Gasteiger partial charge in [-0.05, 0) is 18.2 Å². The van der Waals surface area contributed by atoms with E-state index < -0.39 is 0 Å². The van der Waals surface area contributed by atoms with Gasteiger partial charge in [0.15, 0.2) is 0 Å². The summed E-state index contributed by atoms with van der Waals surface area (Å²) < 4.78 is 4.83. The highest BCUT2D eigenvalue weighted by molar-refractivity contribution is 6.04. The topological polar surface area (TPSA) is 85.1 Å². The molecular formula is C9H13N3O. The SMILES string of the molecule is COCC(=N)c1cc(N)ccc1N. The van der Waals surface area contributed by atoms with E-state index in [4.69, 9.17) is 21.6 Å². The molecule has 0 saturated heterocycles. The van der Waals surface area contributed by atoms with E-state index in [1.165, 1.54) is 7.11 Å². The van der Waals surface area contributed by atoms with Gasteiger partial charge in [-0.2, -0.15) is 0 Å². The van der Waals surface area contributed by atoms with E-state index in [0.29, 0.717) is 22.6 Å². The van der Waals surface area contributed by atoms with Gasteiger partial charge in [-0.15, -0.1) is 0 Å². The molecule has 4 heteroatoms. The molecule has 0 fully saturated rings. The molecule has 0 aliphatic rings. The molecule has 0 radical (unpaired) electrons. The molecule has 1 rings (SSSR count). The van der Waals surface area contributed by atoms with Gasteiger partial charge < -0.3 is 21.6 Å². The third-order valence-electron chi connectivity index (χ3n) is 1.69. The minimum absolute atomic E-state index is 0.244. The number of nitrogen functional groups attached to an aromatic ring is 2. The Morgan fingerprint density at radius 3 is 2.77 bits per heavy atom. The Bertz CT molecular complexity index is 323. The number of anilines is 2. The predicted molar refractivity (Wildman–Crippen MR) is 54.0 cm³/mol. The van der Waals surface area contributed by atoms with Gasteiger partial charge in [0, 0.05) is 24.0 Å². The maximum absolute atomic E-state index is 7.61. The number of hydrogen-bond acceptors (Lipinski definition) is 4. The normalized spacial score (nSPS) is 9.92. The van der Waals surface area contributed by atoms with Gasteiger partial charge in [-0.3, -0.25) is 0 Å². The van der Waals surface area contributed by atoms with Crippen LogP contribution in [0.1, 0.15) is 5.56 Å². The highest BCUT2D eigenvalue weighted by Gasteiger charge is 2.05. The molecule has 0 aliphatic carbocycles. The summed E-state index contributed by atoms with van der Waals surface area (Å²) in [5.41, 5.74) is 13.4. The summed E-state index contributed by atoms with van der Waals surface area (Å²) in [5, 5.41) is 7.61. The van der Waals surface area contributed by atoms with E-state index in [1.807, 2.05) is 0 Å². The summed E-state index contributed by atoms with van der Waals surface area (Å²) in [7, 11) is 1.54. The van der Waals surface area contributed by atoms with Crippen LogP contribution in [0.4, 0.5) is 11.4 Å². The van der Waals surface area contributed by atoms with Crippen molar-refractivity contribution in [2.45, 2.75) is 0 Å². The minimum Gasteiger partial charge on any atom is -0.399 e. The first-order valence-corrected chi connectivity index (χ1v) is 3.87. The Kier molecular flexibility index (Phi) is 2.87. The molecule has 13 heavy (non-hydrogen) atoms. The highest BCUT2D eigenvalue weighted by Crippen LogP contribution is 2.15. The van der Waals surface area contributed by atoms with Crippen LogP contribution in [-0.2, 0) is 4.74 Å². The number of rotatable bonds is 3. The first kappa shape index (κ1) is 9.54. The lowest BCUT2D eigenvalue weighted by molar-refractivity contribution is 0.245. The first-order chi connectivity index (χ1) is 6.15. The molecule has 1 aromatic rings. The van der Waals surface area contributed by atoms with Gasteiger partial charge in [0.2, 0.25) is 0 Å². The Morgan fingerprint density at radius 2 is 2.15 bits per heavy atom. The van der Waals surface area contributed by atoms with Crippen molar-refractivity contribution in [3.8, 4) is 0 Å². The van der Waals surface area contributed by atoms with Crippen molar-refractivity contribution < 1.29 is 4.74 Å². The molecule has 1 aromatic carbocycles.